The van der Waals surface area contributed by atoms with E-state index in [0.717, 1.165) is 59.0 Å². The van der Waals surface area contributed by atoms with Crippen LogP contribution in [0.3, 0.4) is 0 Å². The molecule has 6 rings (SSSR count). The summed E-state index contributed by atoms with van der Waals surface area (Å²) in [7, 11) is 0. The third-order valence-electron chi connectivity index (χ3n) is 8.12. The third kappa shape index (κ3) is 5.96. The van der Waals surface area contributed by atoms with Crippen molar-refractivity contribution in [3.63, 3.8) is 0 Å². The van der Waals surface area contributed by atoms with Crippen molar-refractivity contribution in [2.75, 3.05) is 0 Å². The van der Waals surface area contributed by atoms with Gasteiger partial charge in [-0.1, -0.05) is 109 Å². The van der Waals surface area contributed by atoms with Gasteiger partial charge in [-0.25, -0.2) is 4.68 Å². The molecule has 0 saturated heterocycles. The van der Waals surface area contributed by atoms with E-state index in [2.05, 4.69) is 5.32 Å². The van der Waals surface area contributed by atoms with Crippen LogP contribution in [0, 0.1) is 5.92 Å². The number of fused-ring (bicyclic) bond motifs is 1. The third-order valence-corrected chi connectivity index (χ3v) is 8.37. The first-order valence-corrected chi connectivity index (χ1v) is 14.6. The summed E-state index contributed by atoms with van der Waals surface area (Å²) < 4.78 is 1.53. The number of nitrogens with zero attached hydrogens (tertiary/aromatic N) is 2. The van der Waals surface area contributed by atoms with Crippen molar-refractivity contribution in [2.45, 2.75) is 44.7 Å². The van der Waals surface area contributed by atoms with Crippen LogP contribution in [0.25, 0.3) is 22.0 Å². The Balaban J connectivity index is 1.27. The van der Waals surface area contributed by atoms with Gasteiger partial charge in [0.2, 0.25) is 5.91 Å². The molecule has 206 valence electrons. The van der Waals surface area contributed by atoms with Gasteiger partial charge < -0.3 is 5.32 Å². The summed E-state index contributed by atoms with van der Waals surface area (Å²) in [5.74, 6) is 0.227. The second-order valence-corrected chi connectivity index (χ2v) is 11.3. The molecule has 5 aromatic rings. The maximum atomic E-state index is 13.5. The number of halogens is 1. The first kappa shape index (κ1) is 27.0. The van der Waals surface area contributed by atoms with E-state index in [-0.39, 0.29) is 17.4 Å². The lowest BCUT2D eigenvalue weighted by molar-refractivity contribution is -0.123. The number of benzene rings is 4. The molecule has 0 aliphatic heterocycles. The molecule has 5 nitrogen and oxygen atoms in total. The number of aromatic nitrogens is 2. The van der Waals surface area contributed by atoms with E-state index in [1.54, 1.807) is 0 Å². The van der Waals surface area contributed by atoms with Crippen LogP contribution < -0.4 is 10.9 Å². The predicted molar refractivity (Wildman–Crippen MR) is 165 cm³/mol. The van der Waals surface area contributed by atoms with Gasteiger partial charge in [-0.3, -0.25) is 9.59 Å². The van der Waals surface area contributed by atoms with Crippen LogP contribution in [0.4, 0.5) is 0 Å². The molecule has 0 spiro atoms. The monoisotopic (exact) mass is 561 g/mol. The summed E-state index contributed by atoms with van der Waals surface area (Å²) in [5.41, 5.74) is 4.57. The van der Waals surface area contributed by atoms with Gasteiger partial charge in [0.1, 0.15) is 0 Å². The zero-order chi connectivity index (χ0) is 28.2. The Kier molecular flexibility index (Phi) is 7.97. The SMILES string of the molecule is O=C(NCc1ccccc1)C(c1ccc(Cn2nc(-c3ccc(Cl)cc3)c3ccccc3c2=O)cc1)C1CCCC1. The maximum Gasteiger partial charge on any atom is 0.274 e. The van der Waals surface area contributed by atoms with Crippen molar-refractivity contribution in [1.29, 1.82) is 0 Å². The van der Waals surface area contributed by atoms with E-state index in [9.17, 15) is 9.59 Å². The average Bonchev–Trinajstić information content (AvgIpc) is 3.54. The Morgan fingerprint density at radius 1 is 0.829 bits per heavy atom. The zero-order valence-corrected chi connectivity index (χ0v) is 23.6. The van der Waals surface area contributed by atoms with Crippen molar-refractivity contribution in [1.82, 2.24) is 15.1 Å². The minimum Gasteiger partial charge on any atom is -0.351 e. The van der Waals surface area contributed by atoms with Crippen molar-refractivity contribution >= 4 is 28.3 Å². The van der Waals surface area contributed by atoms with Crippen molar-refractivity contribution in [3.05, 3.63) is 135 Å². The molecule has 4 aromatic carbocycles. The summed E-state index contributed by atoms with van der Waals surface area (Å²) in [6.45, 7) is 0.853. The maximum absolute atomic E-state index is 13.5. The molecule has 1 fully saturated rings. The van der Waals surface area contributed by atoms with Gasteiger partial charge in [0, 0.05) is 22.5 Å². The highest BCUT2D eigenvalue weighted by molar-refractivity contribution is 6.30. The number of carbonyl (C=O) groups excluding carboxylic acids is 1. The van der Waals surface area contributed by atoms with Crippen LogP contribution in [0.1, 0.15) is 48.3 Å². The lowest BCUT2D eigenvalue weighted by Crippen LogP contribution is -2.32. The first-order chi connectivity index (χ1) is 20.1. The molecule has 0 radical (unpaired) electrons. The number of amides is 1. The van der Waals surface area contributed by atoms with Crippen LogP contribution >= 0.6 is 11.6 Å². The van der Waals surface area contributed by atoms with E-state index in [1.165, 1.54) is 4.68 Å². The fourth-order valence-electron chi connectivity index (χ4n) is 5.99. The van der Waals surface area contributed by atoms with Crippen molar-refractivity contribution < 1.29 is 4.79 Å². The van der Waals surface area contributed by atoms with Gasteiger partial charge >= 0.3 is 0 Å². The number of hydrogen-bond acceptors (Lipinski definition) is 3. The van der Waals surface area contributed by atoms with Gasteiger partial charge in [0.25, 0.3) is 5.56 Å². The first-order valence-electron chi connectivity index (χ1n) is 14.2. The summed E-state index contributed by atoms with van der Waals surface area (Å²) in [5, 5.41) is 10.1. The van der Waals surface area contributed by atoms with E-state index in [1.807, 2.05) is 103 Å². The second kappa shape index (κ2) is 12.1. The van der Waals surface area contributed by atoms with E-state index >= 15 is 0 Å². The molecule has 1 aliphatic rings. The summed E-state index contributed by atoms with van der Waals surface area (Å²) in [4.78, 5) is 26.9. The normalized spacial score (nSPS) is 14.3. The Morgan fingerprint density at radius 3 is 2.20 bits per heavy atom. The van der Waals surface area contributed by atoms with Crippen LogP contribution in [0.2, 0.25) is 5.02 Å². The fraction of sp³-hybridized carbons (Fsp3) is 0.229. The van der Waals surface area contributed by atoms with Crippen LogP contribution in [-0.2, 0) is 17.9 Å². The largest absolute Gasteiger partial charge is 0.351 e. The lowest BCUT2D eigenvalue weighted by Gasteiger charge is -2.23. The topological polar surface area (TPSA) is 64.0 Å². The predicted octanol–water partition coefficient (Wildman–Crippen LogP) is 7.36. The number of nitrogens with one attached hydrogen (secondary N) is 1. The zero-order valence-electron chi connectivity index (χ0n) is 22.8. The van der Waals surface area contributed by atoms with Gasteiger partial charge in [-0.05, 0) is 53.6 Å². The Bertz CT molecular complexity index is 1710. The van der Waals surface area contributed by atoms with E-state index in [4.69, 9.17) is 16.7 Å². The quantitative estimate of drug-likeness (QED) is 0.215. The molecule has 41 heavy (non-hydrogen) atoms. The van der Waals surface area contributed by atoms with Crippen molar-refractivity contribution in [3.8, 4) is 11.3 Å². The highest BCUT2D eigenvalue weighted by Gasteiger charge is 2.32. The van der Waals surface area contributed by atoms with Gasteiger partial charge in [-0.2, -0.15) is 5.10 Å². The minimum atomic E-state index is -0.187. The van der Waals surface area contributed by atoms with Crippen LogP contribution in [0.5, 0.6) is 0 Å². The molecule has 1 aliphatic carbocycles. The smallest absolute Gasteiger partial charge is 0.274 e. The second-order valence-electron chi connectivity index (χ2n) is 10.8. The summed E-state index contributed by atoms with van der Waals surface area (Å²) >= 11 is 6.12. The highest BCUT2D eigenvalue weighted by Crippen LogP contribution is 2.38. The van der Waals surface area contributed by atoms with Gasteiger partial charge in [0.15, 0.2) is 0 Å². The van der Waals surface area contributed by atoms with Crippen LogP contribution in [0.15, 0.2) is 108 Å². The van der Waals surface area contributed by atoms with Gasteiger partial charge in [0.05, 0.1) is 23.5 Å². The molecule has 1 atom stereocenters. The molecule has 6 heteroatoms. The molecule has 0 bridgehead atoms. The number of rotatable bonds is 8. The molecular weight excluding hydrogens is 530 g/mol. The molecule has 1 amide bonds. The highest BCUT2D eigenvalue weighted by atomic mass is 35.5. The van der Waals surface area contributed by atoms with Crippen molar-refractivity contribution in [2.24, 2.45) is 5.92 Å². The average molecular weight is 562 g/mol. The lowest BCUT2D eigenvalue weighted by atomic mass is 9.83. The number of hydrogen-bond donors (Lipinski definition) is 1. The van der Waals surface area contributed by atoms with E-state index < -0.39 is 0 Å². The molecular formula is C35H32ClN3O2. The Morgan fingerprint density at radius 2 is 1.49 bits per heavy atom. The Hall–Kier alpha value is -4.22. The molecule has 1 N–H and O–H groups in total. The van der Waals surface area contributed by atoms with E-state index in [0.29, 0.717) is 29.4 Å². The van der Waals surface area contributed by atoms with Gasteiger partial charge in [-0.15, -0.1) is 0 Å². The molecule has 1 saturated carbocycles. The minimum absolute atomic E-state index is 0.0773. The number of carbonyl (C=O) groups is 1. The summed E-state index contributed by atoms with van der Waals surface area (Å²) in [6, 6.07) is 33.2. The van der Waals surface area contributed by atoms with Crippen LogP contribution in [-0.4, -0.2) is 15.7 Å². The Labute approximate surface area is 244 Å². The fourth-order valence-corrected chi connectivity index (χ4v) is 6.12. The molecule has 1 unspecified atom stereocenters. The molecule has 1 heterocycles. The molecule has 1 aromatic heterocycles. The summed E-state index contributed by atoms with van der Waals surface area (Å²) in [6.07, 6.45) is 4.46. The standard InChI is InChI=1S/C35H32ClN3O2/c36-29-20-18-28(19-21-29)33-30-12-6-7-13-31(30)35(41)39(38-33)23-25-14-16-27(17-15-25)32(26-10-4-5-11-26)34(40)37-22-24-8-2-1-3-9-24/h1-3,6-9,12-21,26,32H,4-5,10-11,22-23H2,(H,37,40).